The second kappa shape index (κ2) is 35.2. The summed E-state index contributed by atoms with van der Waals surface area (Å²) in [4.78, 5) is 0. The third-order valence-corrected chi connectivity index (χ3v) is 15.1. The lowest BCUT2D eigenvalue weighted by atomic mass is 10.1. The van der Waals surface area contributed by atoms with E-state index in [0.29, 0.717) is 0 Å². The molecule has 0 aliphatic heterocycles. The Morgan fingerprint density at radius 2 is 0.553 bits per heavy atom. The molecule has 2 aromatic rings. The lowest BCUT2D eigenvalue weighted by Crippen LogP contribution is -3.00. The molecular weight excluding hydrogens is 651 g/mol. The molecule has 2 aromatic carbocycles. The second-order valence-corrected chi connectivity index (χ2v) is 18.9. The van der Waals surface area contributed by atoms with Crippen LogP contribution in [-0.4, -0.2) is 24.6 Å². The number of rotatable bonds is 30. The zero-order valence-corrected chi connectivity index (χ0v) is 34.6. The predicted molar refractivity (Wildman–Crippen MR) is 216 cm³/mol. The molecule has 0 fully saturated rings. The van der Waals surface area contributed by atoms with Gasteiger partial charge in [0.05, 0.1) is 24.6 Å². The smallest absolute Gasteiger partial charge is 0.0594 e. The summed E-state index contributed by atoms with van der Waals surface area (Å²) in [6.45, 7) is 9.38. The van der Waals surface area contributed by atoms with Crippen molar-refractivity contribution in [3.05, 3.63) is 71.8 Å². The van der Waals surface area contributed by atoms with E-state index in [-0.39, 0.29) is 17.0 Å². The van der Waals surface area contributed by atoms with Crippen LogP contribution in [0.4, 0.5) is 0 Å². The molecule has 0 spiro atoms. The fourth-order valence-corrected chi connectivity index (χ4v) is 11.9. The first-order valence-electron chi connectivity index (χ1n) is 20.6. The maximum atomic E-state index is 2.35. The topological polar surface area (TPSA) is 0 Å². The van der Waals surface area contributed by atoms with E-state index in [4.69, 9.17) is 0 Å². The Hall–Kier alpha value is -0.650. The average molecular weight is 732 g/mol. The summed E-state index contributed by atoms with van der Waals surface area (Å²) in [5.74, 6) is 0. The maximum Gasteiger partial charge on any atom is 0.0594 e. The Kier molecular flexibility index (Phi) is 34.7. The summed E-state index contributed by atoms with van der Waals surface area (Å²) in [7, 11) is -0.718. The van der Waals surface area contributed by atoms with Crippen LogP contribution in [0.2, 0.25) is 0 Å². The normalized spacial score (nSPS) is 11.1. The lowest BCUT2D eigenvalue weighted by molar-refractivity contribution is -0.0000101. The molecule has 0 radical (unpaired) electrons. The lowest BCUT2D eigenvalue weighted by Gasteiger charge is -2.28. The minimum atomic E-state index is -0.718. The number of halogens is 1. The first-order valence-corrected chi connectivity index (χ1v) is 23.2. The van der Waals surface area contributed by atoms with Crippen molar-refractivity contribution in [2.75, 3.05) is 24.6 Å². The van der Waals surface area contributed by atoms with Gasteiger partial charge in [-0.15, -0.1) is 0 Å². The van der Waals surface area contributed by atoms with Crippen LogP contribution >= 0.6 is 7.26 Å². The molecular formula is C45H80BrP. The van der Waals surface area contributed by atoms with Gasteiger partial charge in [-0.05, 0) is 68.9 Å². The summed E-state index contributed by atoms with van der Waals surface area (Å²) in [5, 5.41) is 0. The van der Waals surface area contributed by atoms with Gasteiger partial charge >= 0.3 is 0 Å². The van der Waals surface area contributed by atoms with Crippen LogP contribution in [0.3, 0.4) is 0 Å². The fourth-order valence-electron chi connectivity index (χ4n) is 7.01. The molecule has 0 amide bonds. The molecule has 0 atom stereocenters. The molecule has 0 nitrogen and oxygen atoms in total. The minimum absolute atomic E-state index is 0. The van der Waals surface area contributed by atoms with Gasteiger partial charge in [0.25, 0.3) is 0 Å². The zero-order chi connectivity index (χ0) is 33.2. The van der Waals surface area contributed by atoms with Crippen molar-refractivity contribution >= 4 is 7.26 Å². The molecule has 2 rings (SSSR count). The summed E-state index contributed by atoms with van der Waals surface area (Å²) in [5.41, 5.74) is 2.74. The number of hydrogen-bond acceptors (Lipinski definition) is 0. The Bertz CT molecular complexity index is 744. The van der Waals surface area contributed by atoms with Crippen molar-refractivity contribution in [3.8, 4) is 0 Å². The van der Waals surface area contributed by atoms with Crippen molar-refractivity contribution in [2.24, 2.45) is 0 Å². The van der Waals surface area contributed by atoms with Crippen LogP contribution in [-0.2, 0) is 6.42 Å². The highest BCUT2D eigenvalue weighted by Crippen LogP contribution is 2.61. The van der Waals surface area contributed by atoms with Crippen LogP contribution in [0, 0.1) is 0 Å². The van der Waals surface area contributed by atoms with Crippen molar-refractivity contribution in [1.82, 2.24) is 0 Å². The van der Waals surface area contributed by atoms with E-state index in [2.05, 4.69) is 88.4 Å². The van der Waals surface area contributed by atoms with Gasteiger partial charge in [0, 0.05) is 7.26 Å². The minimum Gasteiger partial charge on any atom is -1.00 e. The summed E-state index contributed by atoms with van der Waals surface area (Å²) in [6.07, 6.45) is 43.2. The van der Waals surface area contributed by atoms with Crippen LogP contribution in [0.15, 0.2) is 60.7 Å². The first kappa shape index (κ1) is 46.4. The van der Waals surface area contributed by atoms with Gasteiger partial charge in [-0.2, -0.15) is 0 Å². The highest BCUT2D eigenvalue weighted by molar-refractivity contribution is 7.75. The van der Waals surface area contributed by atoms with Crippen molar-refractivity contribution in [3.63, 3.8) is 0 Å². The standard InChI is InChI=1S/C32H68P.C13H12.BrH/c1-5-9-13-17-21-25-29-33(30-26-22-18-14-10-6-2,31-27-23-19-15-11-7-3)32-28-24-20-16-12-8-4;1-3-7-12(8-4-1)11-13-9-5-2-6-10-13;/h5-32H2,1-4H3;1-10H,11H2;1H/q+1;;/p-1. The molecule has 0 N–H and O–H groups in total. The molecule has 272 valence electrons. The van der Waals surface area contributed by atoms with E-state index in [1.54, 1.807) is 50.3 Å². The largest absolute Gasteiger partial charge is 1.00 e. The quantitative estimate of drug-likeness (QED) is 0.0554. The Morgan fingerprint density at radius 3 is 0.809 bits per heavy atom. The third kappa shape index (κ3) is 27.8. The highest BCUT2D eigenvalue weighted by Gasteiger charge is 2.34. The Labute approximate surface area is 307 Å². The van der Waals surface area contributed by atoms with E-state index < -0.39 is 7.26 Å². The van der Waals surface area contributed by atoms with Gasteiger partial charge in [0.1, 0.15) is 0 Å². The zero-order valence-electron chi connectivity index (χ0n) is 32.1. The van der Waals surface area contributed by atoms with Gasteiger partial charge in [0.15, 0.2) is 0 Å². The van der Waals surface area contributed by atoms with E-state index >= 15 is 0 Å². The number of benzene rings is 2. The van der Waals surface area contributed by atoms with Gasteiger partial charge in [0.2, 0.25) is 0 Å². The van der Waals surface area contributed by atoms with Crippen LogP contribution in [0.5, 0.6) is 0 Å². The van der Waals surface area contributed by atoms with Crippen LogP contribution in [0.1, 0.15) is 193 Å². The summed E-state index contributed by atoms with van der Waals surface area (Å²) >= 11 is 0. The first-order chi connectivity index (χ1) is 22.7. The van der Waals surface area contributed by atoms with Crippen LogP contribution in [0.25, 0.3) is 0 Å². The molecule has 0 saturated heterocycles. The number of hydrogen-bond donors (Lipinski definition) is 0. The number of unbranched alkanes of at least 4 members (excludes halogenated alkanes) is 20. The molecule has 47 heavy (non-hydrogen) atoms. The Balaban J connectivity index is 0.00000124. The van der Waals surface area contributed by atoms with E-state index in [0.717, 1.165) is 6.42 Å². The third-order valence-electron chi connectivity index (χ3n) is 10.0. The molecule has 2 heteroatoms. The molecule has 0 heterocycles. The Morgan fingerprint density at radius 1 is 0.319 bits per heavy atom. The molecule has 0 unspecified atom stereocenters. The molecule has 0 aliphatic rings. The second-order valence-electron chi connectivity index (χ2n) is 14.5. The van der Waals surface area contributed by atoms with Gasteiger partial charge < -0.3 is 17.0 Å². The predicted octanol–water partition coefficient (Wildman–Crippen LogP) is 12.7. The van der Waals surface area contributed by atoms with Crippen molar-refractivity contribution in [1.29, 1.82) is 0 Å². The van der Waals surface area contributed by atoms with Crippen molar-refractivity contribution in [2.45, 2.75) is 188 Å². The van der Waals surface area contributed by atoms with Crippen molar-refractivity contribution < 1.29 is 17.0 Å². The van der Waals surface area contributed by atoms with Gasteiger partial charge in [-0.25, -0.2) is 0 Å². The SMILES string of the molecule is CCCCCCCC[P+](CCCCCCCC)(CCCCCCCC)CCCCCCCC.[Br-].c1ccc(Cc2ccccc2)cc1. The molecule has 0 aliphatic carbocycles. The molecule has 0 bridgehead atoms. The monoisotopic (exact) mass is 731 g/mol. The summed E-state index contributed by atoms with van der Waals surface area (Å²) < 4.78 is 0. The molecule has 0 saturated carbocycles. The van der Waals surface area contributed by atoms with Gasteiger partial charge in [-0.1, -0.05) is 191 Å². The van der Waals surface area contributed by atoms with Crippen LogP contribution < -0.4 is 17.0 Å². The highest BCUT2D eigenvalue weighted by atomic mass is 79.9. The average Bonchev–Trinajstić information content (AvgIpc) is 3.08. The van der Waals surface area contributed by atoms with E-state index in [9.17, 15) is 0 Å². The fraction of sp³-hybridized carbons (Fsp3) is 0.733. The van der Waals surface area contributed by atoms with E-state index in [1.165, 1.54) is 140 Å². The maximum absolute atomic E-state index is 2.35. The molecule has 0 aromatic heterocycles. The van der Waals surface area contributed by atoms with E-state index in [1.807, 2.05) is 0 Å². The summed E-state index contributed by atoms with van der Waals surface area (Å²) in [6, 6.07) is 21.1. The van der Waals surface area contributed by atoms with Gasteiger partial charge in [-0.3, -0.25) is 0 Å².